The third-order valence-electron chi connectivity index (χ3n) is 3.95. The molecule has 0 radical (unpaired) electrons. The van der Waals surface area contributed by atoms with Gasteiger partial charge in [0.05, 0.1) is 5.69 Å². The highest BCUT2D eigenvalue weighted by Crippen LogP contribution is 2.16. The predicted octanol–water partition coefficient (Wildman–Crippen LogP) is 3.68. The van der Waals surface area contributed by atoms with E-state index in [9.17, 15) is 19.6 Å². The van der Waals surface area contributed by atoms with Crippen LogP contribution in [0.15, 0.2) is 54.1 Å². The Kier molecular flexibility index (Phi) is 6.83. The standard InChI is InChI=1S/C22H20N2O4/c1-14-8-10-17(11-9-14)12-18(13-23)22(27)28-16(3)21(26)24-20-7-5-4-6-19(20)15(2)25/h4-12,16H,1-3H3,(H,24,26)/b18-12+/t16-/m1/s1. The maximum Gasteiger partial charge on any atom is 0.349 e. The number of hydrogen-bond donors (Lipinski definition) is 1. The van der Waals surface area contributed by atoms with Crippen LogP contribution in [0.4, 0.5) is 5.69 Å². The quantitative estimate of drug-likeness (QED) is 0.359. The van der Waals surface area contributed by atoms with Gasteiger partial charge in [0.2, 0.25) is 0 Å². The van der Waals surface area contributed by atoms with Crippen LogP contribution in [0, 0.1) is 18.3 Å². The molecule has 0 aromatic heterocycles. The summed E-state index contributed by atoms with van der Waals surface area (Å²) in [7, 11) is 0. The fraction of sp³-hybridized carbons (Fsp3) is 0.182. The monoisotopic (exact) mass is 376 g/mol. The molecular formula is C22H20N2O4. The fourth-order valence-electron chi connectivity index (χ4n) is 2.38. The molecule has 0 spiro atoms. The first kappa shape index (κ1) is 20.6. The SMILES string of the molecule is CC(=O)c1ccccc1NC(=O)[C@@H](C)OC(=O)/C(C#N)=C/c1ccc(C)cc1. The molecule has 0 aliphatic carbocycles. The summed E-state index contributed by atoms with van der Waals surface area (Å²) in [5.41, 5.74) is 2.19. The maximum absolute atomic E-state index is 12.3. The number of carbonyl (C=O) groups excluding carboxylic acids is 3. The van der Waals surface area contributed by atoms with Crippen molar-refractivity contribution in [2.75, 3.05) is 5.32 Å². The van der Waals surface area contributed by atoms with Crippen molar-refractivity contribution in [3.63, 3.8) is 0 Å². The molecule has 28 heavy (non-hydrogen) atoms. The summed E-state index contributed by atoms with van der Waals surface area (Å²) in [5, 5.41) is 11.8. The highest BCUT2D eigenvalue weighted by atomic mass is 16.5. The molecule has 0 saturated heterocycles. The maximum atomic E-state index is 12.3. The van der Waals surface area contributed by atoms with Crippen molar-refractivity contribution < 1.29 is 19.1 Å². The number of anilines is 1. The Hall–Kier alpha value is -3.72. The van der Waals surface area contributed by atoms with Crippen LogP contribution in [-0.2, 0) is 14.3 Å². The van der Waals surface area contributed by atoms with Gasteiger partial charge in [-0.05, 0) is 44.5 Å². The summed E-state index contributed by atoms with van der Waals surface area (Å²) >= 11 is 0. The molecule has 6 heteroatoms. The molecule has 0 fully saturated rings. The molecule has 1 atom stereocenters. The zero-order valence-corrected chi connectivity index (χ0v) is 15.9. The van der Waals surface area contributed by atoms with Crippen molar-refractivity contribution in [3.8, 4) is 6.07 Å². The van der Waals surface area contributed by atoms with Crippen LogP contribution in [0.5, 0.6) is 0 Å². The van der Waals surface area contributed by atoms with E-state index in [1.807, 2.05) is 19.1 Å². The van der Waals surface area contributed by atoms with E-state index in [2.05, 4.69) is 5.32 Å². The number of ether oxygens (including phenoxy) is 1. The van der Waals surface area contributed by atoms with Crippen LogP contribution in [-0.4, -0.2) is 23.8 Å². The first-order valence-electron chi connectivity index (χ1n) is 8.62. The van der Waals surface area contributed by atoms with Crippen LogP contribution in [0.3, 0.4) is 0 Å². The van der Waals surface area contributed by atoms with E-state index in [0.29, 0.717) is 16.8 Å². The van der Waals surface area contributed by atoms with Gasteiger partial charge in [-0.3, -0.25) is 9.59 Å². The number of hydrogen-bond acceptors (Lipinski definition) is 5. The summed E-state index contributed by atoms with van der Waals surface area (Å²) in [6.07, 6.45) is 0.250. The minimum Gasteiger partial charge on any atom is -0.448 e. The van der Waals surface area contributed by atoms with E-state index in [1.165, 1.54) is 19.9 Å². The van der Waals surface area contributed by atoms with Crippen molar-refractivity contribution in [2.45, 2.75) is 26.9 Å². The van der Waals surface area contributed by atoms with Crippen LogP contribution in [0.1, 0.15) is 35.3 Å². The van der Waals surface area contributed by atoms with Gasteiger partial charge in [0.15, 0.2) is 11.9 Å². The van der Waals surface area contributed by atoms with E-state index in [1.54, 1.807) is 42.5 Å². The van der Waals surface area contributed by atoms with E-state index < -0.39 is 18.0 Å². The summed E-state index contributed by atoms with van der Waals surface area (Å²) in [4.78, 5) is 36.2. The predicted molar refractivity (Wildman–Crippen MR) is 105 cm³/mol. The summed E-state index contributed by atoms with van der Waals surface area (Å²) in [5.74, 6) is -1.70. The number of nitrogens with zero attached hydrogens (tertiary/aromatic N) is 1. The van der Waals surface area contributed by atoms with Gasteiger partial charge in [-0.1, -0.05) is 42.0 Å². The Bertz CT molecular complexity index is 969. The third-order valence-corrected chi connectivity index (χ3v) is 3.95. The van der Waals surface area contributed by atoms with Crippen molar-refractivity contribution in [3.05, 3.63) is 70.8 Å². The Balaban J connectivity index is 2.08. The fourth-order valence-corrected chi connectivity index (χ4v) is 2.38. The number of aryl methyl sites for hydroxylation is 1. The molecule has 2 aromatic rings. The molecule has 2 rings (SSSR count). The Morgan fingerprint density at radius 3 is 2.36 bits per heavy atom. The van der Waals surface area contributed by atoms with Gasteiger partial charge in [-0.15, -0.1) is 0 Å². The highest BCUT2D eigenvalue weighted by Gasteiger charge is 2.21. The van der Waals surface area contributed by atoms with Gasteiger partial charge in [0.1, 0.15) is 11.6 Å². The lowest BCUT2D eigenvalue weighted by Crippen LogP contribution is -2.30. The molecule has 1 N–H and O–H groups in total. The van der Waals surface area contributed by atoms with Crippen molar-refractivity contribution in [2.24, 2.45) is 0 Å². The molecule has 6 nitrogen and oxygen atoms in total. The van der Waals surface area contributed by atoms with E-state index in [-0.39, 0.29) is 11.4 Å². The van der Waals surface area contributed by atoms with Crippen LogP contribution >= 0.6 is 0 Å². The van der Waals surface area contributed by atoms with Crippen LogP contribution < -0.4 is 5.32 Å². The lowest BCUT2D eigenvalue weighted by atomic mass is 10.1. The summed E-state index contributed by atoms with van der Waals surface area (Å²) < 4.78 is 5.11. The van der Waals surface area contributed by atoms with Gasteiger partial charge in [0, 0.05) is 5.56 Å². The average Bonchev–Trinajstić information content (AvgIpc) is 2.67. The summed E-state index contributed by atoms with van der Waals surface area (Å²) in [6.45, 7) is 4.71. The van der Waals surface area contributed by atoms with Crippen LogP contribution in [0.25, 0.3) is 6.08 Å². The number of amides is 1. The number of rotatable bonds is 6. The zero-order valence-electron chi connectivity index (χ0n) is 15.9. The van der Waals surface area contributed by atoms with Crippen molar-refractivity contribution in [1.82, 2.24) is 0 Å². The second kappa shape index (κ2) is 9.28. The van der Waals surface area contributed by atoms with Crippen LogP contribution in [0.2, 0.25) is 0 Å². The Labute approximate surface area is 163 Å². The number of esters is 1. The van der Waals surface area contributed by atoms with E-state index >= 15 is 0 Å². The normalized spacial score (nSPS) is 11.9. The largest absolute Gasteiger partial charge is 0.448 e. The number of carbonyl (C=O) groups is 3. The van der Waals surface area contributed by atoms with Crippen molar-refractivity contribution >= 4 is 29.4 Å². The topological polar surface area (TPSA) is 96.3 Å². The van der Waals surface area contributed by atoms with Gasteiger partial charge in [-0.25, -0.2) is 4.79 Å². The lowest BCUT2D eigenvalue weighted by Gasteiger charge is -2.14. The van der Waals surface area contributed by atoms with Gasteiger partial charge in [0.25, 0.3) is 5.91 Å². The summed E-state index contributed by atoms with van der Waals surface area (Å²) in [6, 6.07) is 15.6. The number of nitrogens with one attached hydrogen (secondary N) is 1. The van der Waals surface area contributed by atoms with Gasteiger partial charge >= 0.3 is 5.97 Å². The molecule has 0 aliphatic heterocycles. The Morgan fingerprint density at radius 2 is 1.75 bits per heavy atom. The lowest BCUT2D eigenvalue weighted by molar-refractivity contribution is -0.148. The number of para-hydroxylation sites is 1. The number of nitriles is 1. The van der Waals surface area contributed by atoms with Gasteiger partial charge < -0.3 is 10.1 Å². The second-order valence-corrected chi connectivity index (χ2v) is 6.22. The molecule has 0 bridgehead atoms. The molecule has 1 amide bonds. The van der Waals surface area contributed by atoms with Gasteiger partial charge in [-0.2, -0.15) is 5.26 Å². The molecular weight excluding hydrogens is 356 g/mol. The average molecular weight is 376 g/mol. The highest BCUT2D eigenvalue weighted by molar-refractivity contribution is 6.05. The number of benzene rings is 2. The first-order chi connectivity index (χ1) is 13.3. The molecule has 142 valence electrons. The first-order valence-corrected chi connectivity index (χ1v) is 8.62. The van der Waals surface area contributed by atoms with Crippen molar-refractivity contribution in [1.29, 1.82) is 5.26 Å². The number of Topliss-reactive ketones (excluding diaryl/α,β-unsaturated/α-hetero) is 1. The minimum atomic E-state index is -1.15. The van der Waals surface area contributed by atoms with E-state index in [4.69, 9.17) is 4.74 Å². The minimum absolute atomic E-state index is 0.201. The molecule has 2 aromatic carbocycles. The zero-order chi connectivity index (χ0) is 20.7. The molecule has 0 aliphatic rings. The Morgan fingerprint density at radius 1 is 1.11 bits per heavy atom. The smallest absolute Gasteiger partial charge is 0.349 e. The number of ketones is 1. The molecule has 0 saturated carbocycles. The third kappa shape index (κ3) is 5.39. The molecule has 0 unspecified atom stereocenters. The second-order valence-electron chi connectivity index (χ2n) is 6.22. The van der Waals surface area contributed by atoms with E-state index in [0.717, 1.165) is 5.56 Å². The molecule has 0 heterocycles.